The number of rotatable bonds is 2. The molecule has 1 aromatic rings. The number of hydrogen-bond donors (Lipinski definition) is 0. The van der Waals surface area contributed by atoms with Crippen LogP contribution in [0.1, 0.15) is 30.8 Å². The summed E-state index contributed by atoms with van der Waals surface area (Å²) in [4.78, 5) is 25.1. The van der Waals surface area contributed by atoms with Gasteiger partial charge in [0, 0.05) is 18.2 Å². The van der Waals surface area contributed by atoms with Crippen molar-refractivity contribution in [1.82, 2.24) is 4.90 Å². The van der Waals surface area contributed by atoms with Gasteiger partial charge in [0.15, 0.2) is 5.76 Å². The summed E-state index contributed by atoms with van der Waals surface area (Å²) in [5, 5.41) is 0. The third-order valence-corrected chi connectivity index (χ3v) is 4.06. The number of carbonyl (C=O) groups is 1. The summed E-state index contributed by atoms with van der Waals surface area (Å²) in [7, 11) is 1.27. The van der Waals surface area contributed by atoms with Crippen molar-refractivity contribution in [1.29, 1.82) is 0 Å². The van der Waals surface area contributed by atoms with Crippen LogP contribution in [0.3, 0.4) is 0 Å². The predicted molar refractivity (Wildman–Crippen MR) is 70.8 cm³/mol. The monoisotopic (exact) mass is 319 g/mol. The molecule has 1 saturated heterocycles. The van der Waals surface area contributed by atoms with Crippen LogP contribution in [-0.2, 0) is 0 Å². The number of halogens is 3. The Balaban J connectivity index is 2.31. The lowest BCUT2D eigenvalue weighted by molar-refractivity contribution is -0.189. The van der Waals surface area contributed by atoms with E-state index in [2.05, 4.69) is 0 Å². The van der Waals surface area contributed by atoms with E-state index in [1.165, 1.54) is 21.0 Å². The standard InChI is InChI=1S/C14H16F3NO4/c1-13(2)11(14(15,16)17)4-5-18(13)12(20)9-6-8(19)10(21-3)7-22-9/h6-7,11H,4-5H2,1-3H3. The van der Waals surface area contributed by atoms with E-state index < -0.39 is 29.0 Å². The number of amides is 1. The Labute approximate surface area is 124 Å². The minimum absolute atomic E-state index is 0.0499. The SMILES string of the molecule is COc1coc(C(=O)N2CCC(C(F)(F)F)C2(C)C)cc1=O. The van der Waals surface area contributed by atoms with Crippen molar-refractivity contribution in [3.63, 3.8) is 0 Å². The Hall–Kier alpha value is -1.99. The minimum atomic E-state index is -4.39. The molecule has 1 aromatic heterocycles. The molecule has 1 atom stereocenters. The lowest BCUT2D eigenvalue weighted by Crippen LogP contribution is -2.49. The normalized spacial score (nSPS) is 21.0. The Morgan fingerprint density at radius 3 is 2.55 bits per heavy atom. The van der Waals surface area contributed by atoms with Crippen molar-refractivity contribution in [3.8, 4) is 5.75 Å². The second-order valence-corrected chi connectivity index (χ2v) is 5.67. The highest BCUT2D eigenvalue weighted by Crippen LogP contribution is 2.45. The summed E-state index contributed by atoms with van der Waals surface area (Å²) in [6.45, 7) is 2.67. The molecular formula is C14H16F3NO4. The lowest BCUT2D eigenvalue weighted by Gasteiger charge is -2.36. The van der Waals surface area contributed by atoms with Crippen molar-refractivity contribution < 1.29 is 27.1 Å². The molecule has 0 aliphatic carbocycles. The topological polar surface area (TPSA) is 59.8 Å². The van der Waals surface area contributed by atoms with Crippen LogP contribution in [0.4, 0.5) is 13.2 Å². The molecule has 8 heteroatoms. The van der Waals surface area contributed by atoms with E-state index in [9.17, 15) is 22.8 Å². The third-order valence-electron chi connectivity index (χ3n) is 4.06. The Bertz CT molecular complexity index is 636. The van der Waals surface area contributed by atoms with Gasteiger partial charge < -0.3 is 14.1 Å². The third kappa shape index (κ3) is 2.69. The van der Waals surface area contributed by atoms with Gasteiger partial charge in [-0.3, -0.25) is 9.59 Å². The van der Waals surface area contributed by atoms with Crippen molar-refractivity contribution in [2.24, 2.45) is 5.92 Å². The number of methoxy groups -OCH3 is 1. The molecule has 1 aliphatic heterocycles. The molecule has 2 rings (SSSR count). The molecule has 0 spiro atoms. The smallest absolute Gasteiger partial charge is 0.394 e. The fraction of sp³-hybridized carbons (Fsp3) is 0.571. The van der Waals surface area contributed by atoms with Crippen LogP contribution in [0.25, 0.3) is 0 Å². The maximum atomic E-state index is 13.0. The quantitative estimate of drug-likeness (QED) is 0.840. The van der Waals surface area contributed by atoms with Gasteiger partial charge in [0.25, 0.3) is 5.91 Å². The van der Waals surface area contributed by atoms with Gasteiger partial charge in [-0.25, -0.2) is 0 Å². The van der Waals surface area contributed by atoms with Gasteiger partial charge in [0.1, 0.15) is 6.26 Å². The number of alkyl halides is 3. The summed E-state index contributed by atoms with van der Waals surface area (Å²) in [5.41, 5.74) is -1.98. The van der Waals surface area contributed by atoms with Crippen LogP contribution in [0.5, 0.6) is 5.75 Å². The van der Waals surface area contributed by atoms with Crippen molar-refractivity contribution in [3.05, 3.63) is 28.3 Å². The first kappa shape index (κ1) is 16.4. The maximum Gasteiger partial charge on any atom is 0.394 e. The minimum Gasteiger partial charge on any atom is -0.490 e. The molecule has 0 aromatic carbocycles. The van der Waals surface area contributed by atoms with E-state index in [1.54, 1.807) is 0 Å². The van der Waals surface area contributed by atoms with E-state index in [1.807, 2.05) is 0 Å². The van der Waals surface area contributed by atoms with Gasteiger partial charge in [0.2, 0.25) is 11.2 Å². The highest BCUT2D eigenvalue weighted by molar-refractivity contribution is 5.92. The number of likely N-dealkylation sites (tertiary alicyclic amines) is 1. The summed E-state index contributed by atoms with van der Waals surface area (Å²) in [6.07, 6.45) is -3.60. The molecule has 122 valence electrons. The molecule has 1 fully saturated rings. The molecule has 0 bridgehead atoms. The average Bonchev–Trinajstić information content (AvgIpc) is 2.72. The highest BCUT2D eigenvalue weighted by atomic mass is 19.4. The lowest BCUT2D eigenvalue weighted by atomic mass is 9.88. The van der Waals surface area contributed by atoms with Gasteiger partial charge in [-0.05, 0) is 20.3 Å². The van der Waals surface area contributed by atoms with Crippen LogP contribution >= 0.6 is 0 Å². The summed E-state index contributed by atoms with van der Waals surface area (Å²) >= 11 is 0. The van der Waals surface area contributed by atoms with E-state index >= 15 is 0 Å². The van der Waals surface area contributed by atoms with Gasteiger partial charge in [-0.2, -0.15) is 13.2 Å². The predicted octanol–water partition coefficient (Wildman–Crippen LogP) is 2.45. The molecule has 1 amide bonds. The van der Waals surface area contributed by atoms with E-state index in [-0.39, 0.29) is 24.5 Å². The Kier molecular flexibility index (Phi) is 3.97. The summed E-state index contributed by atoms with van der Waals surface area (Å²) in [5.74, 6) is -2.74. The molecule has 0 saturated carbocycles. The van der Waals surface area contributed by atoms with Crippen LogP contribution in [0.15, 0.2) is 21.5 Å². The fourth-order valence-corrected chi connectivity index (χ4v) is 2.81. The largest absolute Gasteiger partial charge is 0.490 e. The summed E-state index contributed by atoms with van der Waals surface area (Å²) < 4.78 is 48.8. The highest BCUT2D eigenvalue weighted by Gasteiger charge is 2.56. The summed E-state index contributed by atoms with van der Waals surface area (Å²) in [6, 6.07) is 0.929. The van der Waals surface area contributed by atoms with Gasteiger partial charge >= 0.3 is 6.18 Å². The van der Waals surface area contributed by atoms with Crippen molar-refractivity contribution >= 4 is 5.91 Å². The Morgan fingerprint density at radius 1 is 1.45 bits per heavy atom. The molecule has 0 N–H and O–H groups in total. The molecule has 5 nitrogen and oxygen atoms in total. The zero-order valence-electron chi connectivity index (χ0n) is 12.4. The second kappa shape index (κ2) is 5.33. The number of nitrogens with zero attached hydrogens (tertiary/aromatic N) is 1. The van der Waals surface area contributed by atoms with Crippen LogP contribution < -0.4 is 10.2 Å². The molecule has 22 heavy (non-hydrogen) atoms. The molecular weight excluding hydrogens is 303 g/mol. The maximum absolute atomic E-state index is 13.0. The van der Waals surface area contributed by atoms with Crippen molar-refractivity contribution in [2.45, 2.75) is 32.0 Å². The van der Waals surface area contributed by atoms with Gasteiger partial charge in [-0.15, -0.1) is 0 Å². The zero-order chi connectivity index (χ0) is 16.7. The van der Waals surface area contributed by atoms with Crippen LogP contribution in [-0.4, -0.2) is 36.2 Å². The number of ether oxygens (including phenoxy) is 1. The number of hydrogen-bond acceptors (Lipinski definition) is 4. The first-order chi connectivity index (χ1) is 10.1. The molecule has 0 radical (unpaired) electrons. The van der Waals surface area contributed by atoms with Crippen LogP contribution in [0.2, 0.25) is 0 Å². The molecule has 1 unspecified atom stereocenters. The molecule has 2 heterocycles. The Morgan fingerprint density at radius 2 is 2.09 bits per heavy atom. The van der Waals surface area contributed by atoms with Crippen molar-refractivity contribution in [2.75, 3.05) is 13.7 Å². The molecule has 1 aliphatic rings. The average molecular weight is 319 g/mol. The van der Waals surface area contributed by atoms with E-state index in [4.69, 9.17) is 9.15 Å². The fourth-order valence-electron chi connectivity index (χ4n) is 2.81. The first-order valence-corrected chi connectivity index (χ1v) is 6.64. The first-order valence-electron chi connectivity index (χ1n) is 6.64. The van der Waals surface area contributed by atoms with Gasteiger partial charge in [0.05, 0.1) is 13.0 Å². The van der Waals surface area contributed by atoms with Crippen LogP contribution in [0, 0.1) is 5.92 Å². The van der Waals surface area contributed by atoms with E-state index in [0.717, 1.165) is 17.2 Å². The van der Waals surface area contributed by atoms with Gasteiger partial charge in [-0.1, -0.05) is 0 Å². The van der Waals surface area contributed by atoms with E-state index in [0.29, 0.717) is 0 Å². The second-order valence-electron chi connectivity index (χ2n) is 5.67. The number of carbonyl (C=O) groups excluding carboxylic acids is 1. The zero-order valence-corrected chi connectivity index (χ0v) is 12.4.